The number of allylic oxidation sites excluding steroid dienone is 2. The average molecular weight is 110 g/mol. The van der Waals surface area contributed by atoms with E-state index in [1.807, 2.05) is 0 Å². The van der Waals surface area contributed by atoms with Crippen LogP contribution < -0.4 is 0 Å². The molecule has 2 radical (unpaired) electrons. The van der Waals surface area contributed by atoms with E-state index in [0.717, 1.165) is 0 Å². The largest absolute Gasteiger partial charge is 0.496 e. The quantitative estimate of drug-likeness (QED) is 0.503. The van der Waals surface area contributed by atoms with Crippen LogP contribution in [0.5, 0.6) is 0 Å². The van der Waals surface area contributed by atoms with Crippen LogP contribution in [0, 0.1) is 6.61 Å². The maximum atomic E-state index is 4.76. The minimum atomic E-state index is 0.618. The number of hydrogen-bond acceptors (Lipinski definition) is 2. The van der Waals surface area contributed by atoms with Crippen molar-refractivity contribution in [2.24, 2.45) is 0 Å². The lowest BCUT2D eigenvalue weighted by molar-refractivity contribution is 0.231. The van der Waals surface area contributed by atoms with E-state index in [0.29, 0.717) is 5.76 Å². The first kappa shape index (κ1) is 5.22. The van der Waals surface area contributed by atoms with E-state index >= 15 is 0 Å². The van der Waals surface area contributed by atoms with Gasteiger partial charge in [0.1, 0.15) is 5.76 Å². The van der Waals surface area contributed by atoms with Crippen LogP contribution in [0.25, 0.3) is 0 Å². The van der Waals surface area contributed by atoms with Gasteiger partial charge < -0.3 is 9.47 Å². The van der Waals surface area contributed by atoms with E-state index < -0.39 is 0 Å². The van der Waals surface area contributed by atoms with Gasteiger partial charge in [-0.3, -0.25) is 0 Å². The second-order valence-corrected chi connectivity index (χ2v) is 1.28. The first-order valence-electron chi connectivity index (χ1n) is 2.26. The molecular formula is C6H6O2. The first-order chi connectivity index (χ1) is 3.93. The standard InChI is InChI=1S/C6H6O2/c1-7-6-3-2-4-8-5-6/h2-4H,1H3. The summed E-state index contributed by atoms with van der Waals surface area (Å²) in [4.78, 5) is 0. The van der Waals surface area contributed by atoms with E-state index in [-0.39, 0.29) is 0 Å². The van der Waals surface area contributed by atoms with E-state index in [2.05, 4.69) is 11.3 Å². The molecule has 1 aliphatic rings. The Morgan fingerprint density at radius 3 is 3.00 bits per heavy atom. The number of hydrogen-bond donors (Lipinski definition) is 0. The van der Waals surface area contributed by atoms with Gasteiger partial charge in [-0.1, -0.05) is 0 Å². The summed E-state index contributed by atoms with van der Waals surface area (Å²) in [5.41, 5.74) is 0. The fourth-order valence-corrected chi connectivity index (χ4v) is 0.402. The van der Waals surface area contributed by atoms with Gasteiger partial charge in [0, 0.05) is 0 Å². The molecule has 0 fully saturated rings. The van der Waals surface area contributed by atoms with Gasteiger partial charge in [0.25, 0.3) is 6.61 Å². The molecule has 42 valence electrons. The Balaban J connectivity index is 2.50. The molecule has 8 heavy (non-hydrogen) atoms. The molecule has 0 amide bonds. The first-order valence-corrected chi connectivity index (χ1v) is 2.26. The normalized spacial score (nSPS) is 16.9. The van der Waals surface area contributed by atoms with Crippen LogP contribution in [0.3, 0.4) is 0 Å². The monoisotopic (exact) mass is 110 g/mol. The molecule has 0 aromatic heterocycles. The Morgan fingerprint density at radius 2 is 2.62 bits per heavy atom. The van der Waals surface area contributed by atoms with Crippen molar-refractivity contribution in [1.82, 2.24) is 0 Å². The summed E-state index contributed by atoms with van der Waals surface area (Å²) in [6.45, 7) is 2.52. The molecule has 0 aliphatic carbocycles. The molecule has 0 saturated heterocycles. The van der Waals surface area contributed by atoms with E-state index in [9.17, 15) is 0 Å². The maximum Gasteiger partial charge on any atom is 0.266 e. The molecular weight excluding hydrogens is 104 g/mol. The molecule has 0 bridgehead atoms. The van der Waals surface area contributed by atoms with E-state index in [4.69, 9.17) is 4.74 Å². The van der Waals surface area contributed by atoms with Crippen LogP contribution in [0.15, 0.2) is 24.2 Å². The fraction of sp³-hybridized carbons (Fsp3) is 0.167. The summed E-state index contributed by atoms with van der Waals surface area (Å²) >= 11 is 0. The van der Waals surface area contributed by atoms with Gasteiger partial charge in [0.15, 0.2) is 0 Å². The van der Waals surface area contributed by atoms with Crippen LogP contribution in [0.1, 0.15) is 0 Å². The van der Waals surface area contributed by atoms with Crippen molar-refractivity contribution < 1.29 is 9.47 Å². The highest BCUT2D eigenvalue weighted by molar-refractivity contribution is 5.14. The fourth-order valence-electron chi connectivity index (χ4n) is 0.402. The number of ether oxygens (including phenoxy) is 2. The summed E-state index contributed by atoms with van der Waals surface area (Å²) in [5.74, 6) is 0.618. The molecule has 2 nitrogen and oxygen atoms in total. The Hall–Kier alpha value is -0.920. The van der Waals surface area contributed by atoms with Gasteiger partial charge in [-0.2, -0.15) is 0 Å². The van der Waals surface area contributed by atoms with Crippen LogP contribution in [0.2, 0.25) is 0 Å². The molecule has 1 rings (SSSR count). The summed E-state index contributed by atoms with van der Waals surface area (Å²) in [6.07, 6.45) is 5.04. The predicted octanol–water partition coefficient (Wildman–Crippen LogP) is 1.10. The Labute approximate surface area is 48.4 Å². The van der Waals surface area contributed by atoms with Crippen molar-refractivity contribution in [2.45, 2.75) is 0 Å². The number of rotatable bonds is 1. The van der Waals surface area contributed by atoms with E-state index in [1.165, 1.54) is 6.26 Å². The van der Waals surface area contributed by atoms with Gasteiger partial charge in [-0.25, -0.2) is 0 Å². The summed E-state index contributed by atoms with van der Waals surface area (Å²) in [5, 5.41) is 0. The Kier molecular flexibility index (Phi) is 1.57. The van der Waals surface area contributed by atoms with Crippen LogP contribution in [0.4, 0.5) is 0 Å². The number of methoxy groups -OCH3 is 1. The lowest BCUT2D eigenvalue weighted by Gasteiger charge is -2.04. The second-order valence-electron chi connectivity index (χ2n) is 1.28. The molecule has 0 unspecified atom stereocenters. The van der Waals surface area contributed by atoms with Crippen LogP contribution >= 0.6 is 0 Å². The Bertz CT molecular complexity index is 124. The smallest absolute Gasteiger partial charge is 0.266 e. The van der Waals surface area contributed by atoms with Crippen molar-refractivity contribution in [1.29, 1.82) is 0 Å². The third kappa shape index (κ3) is 1.03. The zero-order chi connectivity index (χ0) is 5.82. The molecule has 1 heterocycles. The summed E-state index contributed by atoms with van der Waals surface area (Å²) in [7, 11) is 1.57. The molecule has 0 aromatic rings. The van der Waals surface area contributed by atoms with Crippen molar-refractivity contribution in [3.8, 4) is 0 Å². The van der Waals surface area contributed by atoms with Gasteiger partial charge in [0.2, 0.25) is 0 Å². The molecule has 2 heteroatoms. The van der Waals surface area contributed by atoms with Crippen molar-refractivity contribution in [2.75, 3.05) is 7.11 Å². The minimum absolute atomic E-state index is 0.618. The third-order valence-corrected chi connectivity index (χ3v) is 0.774. The molecule has 1 aliphatic heterocycles. The third-order valence-electron chi connectivity index (χ3n) is 0.774. The van der Waals surface area contributed by atoms with Gasteiger partial charge in [-0.05, 0) is 12.2 Å². The maximum absolute atomic E-state index is 4.76. The predicted molar refractivity (Wildman–Crippen MR) is 28.6 cm³/mol. The summed E-state index contributed by atoms with van der Waals surface area (Å²) in [6, 6.07) is 0. The van der Waals surface area contributed by atoms with Crippen LogP contribution in [-0.4, -0.2) is 7.11 Å². The van der Waals surface area contributed by atoms with Crippen LogP contribution in [-0.2, 0) is 9.47 Å². The van der Waals surface area contributed by atoms with Gasteiger partial charge >= 0.3 is 0 Å². The van der Waals surface area contributed by atoms with Gasteiger partial charge in [-0.15, -0.1) is 0 Å². The zero-order valence-electron chi connectivity index (χ0n) is 4.55. The highest BCUT2D eigenvalue weighted by Gasteiger charge is 1.98. The lowest BCUT2D eigenvalue weighted by Crippen LogP contribution is -1.91. The van der Waals surface area contributed by atoms with E-state index in [1.54, 1.807) is 19.3 Å². The Morgan fingerprint density at radius 1 is 1.75 bits per heavy atom. The summed E-state index contributed by atoms with van der Waals surface area (Å²) < 4.78 is 9.41. The van der Waals surface area contributed by atoms with Crippen molar-refractivity contribution >= 4 is 0 Å². The highest BCUT2D eigenvalue weighted by atomic mass is 16.5. The molecule has 0 aromatic carbocycles. The highest BCUT2D eigenvalue weighted by Crippen LogP contribution is 2.06. The lowest BCUT2D eigenvalue weighted by atomic mass is 10.4. The minimum Gasteiger partial charge on any atom is -0.496 e. The average Bonchev–Trinajstić information content (AvgIpc) is 1.90. The SMILES string of the molecule is COC1=CC=CO[C]1. The zero-order valence-corrected chi connectivity index (χ0v) is 4.55. The second kappa shape index (κ2) is 2.40. The molecule has 0 spiro atoms. The van der Waals surface area contributed by atoms with Gasteiger partial charge in [0.05, 0.1) is 13.4 Å². The molecule has 0 atom stereocenters. The topological polar surface area (TPSA) is 18.5 Å². The van der Waals surface area contributed by atoms with Crippen molar-refractivity contribution in [3.63, 3.8) is 0 Å². The van der Waals surface area contributed by atoms with Crippen molar-refractivity contribution in [3.05, 3.63) is 30.8 Å². The molecule has 0 N–H and O–H groups in total. The molecule has 0 saturated carbocycles.